The Bertz CT molecular complexity index is 95.3. The molecule has 0 atom stereocenters. The van der Waals surface area contributed by atoms with Gasteiger partial charge in [-0.05, 0) is 20.3 Å². The van der Waals surface area contributed by atoms with E-state index in [2.05, 4.69) is 0 Å². The molecule has 0 spiro atoms. The smallest absolute Gasteiger partial charge is 0.449 e. The first kappa shape index (κ1) is 14.9. The van der Waals surface area contributed by atoms with Crippen LogP contribution in [0.25, 0.3) is 0 Å². The molecule has 0 aliphatic heterocycles. The van der Waals surface area contributed by atoms with E-state index in [1.54, 1.807) is 0 Å². The van der Waals surface area contributed by atoms with E-state index in [9.17, 15) is 12.9 Å². The molecule has 0 saturated carbocycles. The van der Waals surface area contributed by atoms with Crippen molar-refractivity contribution in [3.63, 3.8) is 0 Å². The Hall–Kier alpha value is 1.45. The van der Waals surface area contributed by atoms with Gasteiger partial charge in [-0.2, -0.15) is 0 Å². The van der Waals surface area contributed by atoms with Gasteiger partial charge in [-0.1, -0.05) is 6.32 Å². The fraction of sp³-hybridized carbons (Fsp3) is 1.00. The second-order valence-electron chi connectivity index (χ2n) is 3.06. The van der Waals surface area contributed by atoms with E-state index < -0.39 is 18.9 Å². The summed E-state index contributed by atoms with van der Waals surface area (Å²) in [5, 5.41) is 8.89. The Kier molecular flexibility index (Phi) is 7.12. The molecule has 0 aromatic rings. The van der Waals surface area contributed by atoms with E-state index in [1.165, 1.54) is 13.8 Å². The van der Waals surface area contributed by atoms with Crippen molar-refractivity contribution in [3.05, 3.63) is 0 Å². The van der Waals surface area contributed by atoms with Gasteiger partial charge in [0.05, 0.1) is 5.60 Å². The minimum Gasteiger partial charge on any atom is -0.449 e. The first-order valence-corrected chi connectivity index (χ1v) is 3.14. The maximum atomic E-state index is 11.5. The van der Waals surface area contributed by atoms with E-state index in [1.807, 2.05) is 0 Å². The Labute approximate surface area is 107 Å². The van der Waals surface area contributed by atoms with E-state index in [0.717, 1.165) is 0 Å². The van der Waals surface area contributed by atoms with Gasteiger partial charge in [-0.15, -0.1) is 0 Å². The minimum atomic E-state index is -4.73. The second-order valence-corrected chi connectivity index (χ2v) is 3.06. The molecule has 0 aromatic carbocycles. The monoisotopic (exact) mass is 194 g/mol. The van der Waals surface area contributed by atoms with Gasteiger partial charge in [0, 0.05) is 0 Å². The summed E-state index contributed by atoms with van der Waals surface area (Å²) in [6.07, 6.45) is -1.07. The summed E-state index contributed by atoms with van der Waals surface area (Å²) in [7, 11) is 0. The van der Waals surface area contributed by atoms with Gasteiger partial charge in [0.25, 0.3) is 0 Å². The SMILES string of the molecule is CC(C)(O)CC[B-](F)(F)F.[K+]. The van der Waals surface area contributed by atoms with Crippen molar-refractivity contribution >= 4 is 6.98 Å². The quantitative estimate of drug-likeness (QED) is 0.571. The Morgan fingerprint density at radius 3 is 1.73 bits per heavy atom. The standard InChI is InChI=1S/C5H11BF3O.K/c1-5(2,10)3-4-6(7,8)9;/h10H,3-4H2,1-2H3;/q-1;+1. The maximum Gasteiger partial charge on any atom is 1.00 e. The van der Waals surface area contributed by atoms with Crippen LogP contribution in [-0.4, -0.2) is 17.7 Å². The molecule has 0 bridgehead atoms. The molecule has 0 aliphatic carbocycles. The molecular formula is C5H11BF3KO. The molecule has 1 N–H and O–H groups in total. The topological polar surface area (TPSA) is 20.2 Å². The molecule has 0 unspecified atom stereocenters. The summed E-state index contributed by atoms with van der Waals surface area (Å²) >= 11 is 0. The van der Waals surface area contributed by atoms with E-state index in [0.29, 0.717) is 0 Å². The van der Waals surface area contributed by atoms with Crippen molar-refractivity contribution in [2.75, 3.05) is 0 Å². The average Bonchev–Trinajstić information content (AvgIpc) is 1.57. The fourth-order valence-electron chi connectivity index (χ4n) is 0.517. The van der Waals surface area contributed by atoms with Gasteiger partial charge in [-0.25, -0.2) is 0 Å². The summed E-state index contributed by atoms with van der Waals surface area (Å²) in [5.74, 6) is 0. The average molecular weight is 194 g/mol. The maximum absolute atomic E-state index is 11.5. The summed E-state index contributed by atoms with van der Waals surface area (Å²) in [6, 6.07) is 0. The molecule has 0 radical (unpaired) electrons. The zero-order valence-electron chi connectivity index (χ0n) is 7.07. The van der Waals surface area contributed by atoms with E-state index in [-0.39, 0.29) is 57.8 Å². The number of hydrogen-bond acceptors (Lipinski definition) is 1. The summed E-state index contributed by atoms with van der Waals surface area (Å²) in [6.45, 7) is -1.99. The van der Waals surface area contributed by atoms with Gasteiger partial charge >= 0.3 is 58.4 Å². The predicted octanol–water partition coefficient (Wildman–Crippen LogP) is -1.00. The molecule has 0 fully saturated rings. The summed E-state index contributed by atoms with van der Waals surface area (Å²) in [4.78, 5) is 0. The minimum absolute atomic E-state index is 0. The van der Waals surface area contributed by atoms with Crippen LogP contribution in [0.5, 0.6) is 0 Å². The van der Waals surface area contributed by atoms with Gasteiger partial charge in [-0.3, -0.25) is 0 Å². The molecule has 0 saturated heterocycles. The van der Waals surface area contributed by atoms with Crippen molar-refractivity contribution < 1.29 is 69.4 Å². The summed E-state index contributed by atoms with van der Waals surface area (Å²) in [5.41, 5.74) is -1.20. The predicted molar refractivity (Wildman–Crippen MR) is 34.8 cm³/mol. The van der Waals surface area contributed by atoms with Crippen LogP contribution in [0, 0.1) is 0 Å². The number of rotatable bonds is 3. The molecule has 11 heavy (non-hydrogen) atoms. The van der Waals surface area contributed by atoms with Crippen molar-refractivity contribution in [2.45, 2.75) is 32.2 Å². The van der Waals surface area contributed by atoms with Crippen LogP contribution in [0.2, 0.25) is 6.32 Å². The van der Waals surface area contributed by atoms with Crippen LogP contribution >= 0.6 is 0 Å². The van der Waals surface area contributed by atoms with Gasteiger partial charge in [0.2, 0.25) is 0 Å². The number of halogens is 3. The molecule has 6 heteroatoms. The second kappa shape index (κ2) is 5.24. The molecular weight excluding hydrogens is 183 g/mol. The molecule has 62 valence electrons. The normalized spacial score (nSPS) is 12.5. The molecule has 0 rings (SSSR count). The zero-order valence-corrected chi connectivity index (χ0v) is 10.2. The van der Waals surface area contributed by atoms with Crippen LogP contribution in [-0.2, 0) is 0 Å². The van der Waals surface area contributed by atoms with Crippen LogP contribution in [0.3, 0.4) is 0 Å². The largest absolute Gasteiger partial charge is 1.00 e. The fourth-order valence-corrected chi connectivity index (χ4v) is 0.517. The molecule has 0 aliphatic rings. The third-order valence-electron chi connectivity index (χ3n) is 1.08. The first-order valence-electron chi connectivity index (χ1n) is 3.14. The summed E-state index contributed by atoms with van der Waals surface area (Å²) < 4.78 is 34.6. The third-order valence-corrected chi connectivity index (χ3v) is 1.08. The number of hydrogen-bond donors (Lipinski definition) is 1. The van der Waals surface area contributed by atoms with Crippen molar-refractivity contribution in [1.82, 2.24) is 0 Å². The van der Waals surface area contributed by atoms with Gasteiger partial charge < -0.3 is 18.1 Å². The van der Waals surface area contributed by atoms with E-state index in [4.69, 9.17) is 5.11 Å². The molecule has 1 nitrogen and oxygen atoms in total. The van der Waals surface area contributed by atoms with Crippen LogP contribution in [0.15, 0.2) is 0 Å². The van der Waals surface area contributed by atoms with Crippen molar-refractivity contribution in [3.8, 4) is 0 Å². The van der Waals surface area contributed by atoms with Gasteiger partial charge in [0.1, 0.15) is 0 Å². The van der Waals surface area contributed by atoms with Gasteiger partial charge in [0.15, 0.2) is 0 Å². The number of aliphatic hydroxyl groups is 1. The Morgan fingerprint density at radius 1 is 1.27 bits per heavy atom. The van der Waals surface area contributed by atoms with Crippen molar-refractivity contribution in [1.29, 1.82) is 0 Å². The van der Waals surface area contributed by atoms with E-state index >= 15 is 0 Å². The third kappa shape index (κ3) is 14.3. The molecule has 0 aromatic heterocycles. The molecule has 0 heterocycles. The first-order chi connectivity index (χ1) is 4.21. The van der Waals surface area contributed by atoms with Crippen LogP contribution in [0.1, 0.15) is 20.3 Å². The Morgan fingerprint density at radius 2 is 1.64 bits per heavy atom. The van der Waals surface area contributed by atoms with Crippen LogP contribution < -0.4 is 51.4 Å². The van der Waals surface area contributed by atoms with Crippen LogP contribution in [0.4, 0.5) is 12.9 Å². The Balaban J connectivity index is 0. The zero-order chi connectivity index (χ0) is 8.41. The molecule has 0 amide bonds. The van der Waals surface area contributed by atoms with Crippen molar-refractivity contribution in [2.24, 2.45) is 0 Å².